The van der Waals surface area contributed by atoms with Crippen molar-refractivity contribution >= 4 is 40.4 Å². The summed E-state index contributed by atoms with van der Waals surface area (Å²) in [5.41, 5.74) is 1.88. The second-order valence-corrected chi connectivity index (χ2v) is 8.48. The van der Waals surface area contributed by atoms with Crippen LogP contribution in [-0.4, -0.2) is 49.4 Å². The minimum atomic E-state index is -0.386. The number of rotatable bonds is 6. The molecule has 3 heterocycles. The molecule has 0 radical (unpaired) electrons. The van der Waals surface area contributed by atoms with Crippen molar-refractivity contribution in [2.24, 2.45) is 0 Å². The van der Waals surface area contributed by atoms with E-state index in [9.17, 15) is 9.59 Å². The van der Waals surface area contributed by atoms with Gasteiger partial charge in [0.2, 0.25) is 11.8 Å². The summed E-state index contributed by atoms with van der Waals surface area (Å²) in [5, 5.41) is 6.07. The Bertz CT molecular complexity index is 997. The Morgan fingerprint density at radius 3 is 3.00 bits per heavy atom. The second-order valence-electron chi connectivity index (χ2n) is 7.15. The Morgan fingerprint density at radius 1 is 1.41 bits per heavy atom. The quantitative estimate of drug-likeness (QED) is 0.643. The Labute approximate surface area is 172 Å². The number of fused-ring (bicyclic) bond motifs is 1. The molecule has 9 heteroatoms. The minimum Gasteiger partial charge on any atom is -0.360 e. The Hall–Kier alpha value is -2.81. The molecule has 1 aliphatic heterocycles. The second kappa shape index (κ2) is 8.28. The van der Waals surface area contributed by atoms with Crippen LogP contribution in [0.4, 0.5) is 5.82 Å². The maximum absolute atomic E-state index is 12.8. The largest absolute Gasteiger partial charge is 0.360 e. The van der Waals surface area contributed by atoms with Crippen molar-refractivity contribution in [2.75, 3.05) is 17.6 Å². The smallest absolute Gasteiger partial charge is 0.238 e. The number of H-pyrrole nitrogens is 1. The molecule has 29 heavy (non-hydrogen) atoms. The van der Waals surface area contributed by atoms with Crippen LogP contribution in [0.2, 0.25) is 0 Å². The highest BCUT2D eigenvalue weighted by atomic mass is 32.2. The van der Waals surface area contributed by atoms with Crippen molar-refractivity contribution in [3.8, 4) is 0 Å². The van der Waals surface area contributed by atoms with Crippen LogP contribution in [0.3, 0.4) is 0 Å². The Morgan fingerprint density at radius 2 is 2.24 bits per heavy atom. The van der Waals surface area contributed by atoms with Gasteiger partial charge in [0.15, 0.2) is 5.82 Å². The molecule has 2 atom stereocenters. The Balaban J connectivity index is 1.35. The van der Waals surface area contributed by atoms with Crippen LogP contribution in [0, 0.1) is 6.92 Å². The van der Waals surface area contributed by atoms with Gasteiger partial charge in [0.1, 0.15) is 11.6 Å². The van der Waals surface area contributed by atoms with Crippen LogP contribution >= 0.6 is 11.8 Å². The van der Waals surface area contributed by atoms with Crippen LogP contribution in [0.25, 0.3) is 11.0 Å². The van der Waals surface area contributed by atoms with Gasteiger partial charge in [0.05, 0.1) is 28.1 Å². The Kier molecular flexibility index (Phi) is 5.57. The first-order chi connectivity index (χ1) is 14.0. The van der Waals surface area contributed by atoms with E-state index in [0.29, 0.717) is 18.1 Å². The third kappa shape index (κ3) is 4.29. The van der Waals surface area contributed by atoms with Crippen LogP contribution in [0.5, 0.6) is 0 Å². The van der Waals surface area contributed by atoms with Crippen molar-refractivity contribution in [1.29, 1.82) is 0 Å². The van der Waals surface area contributed by atoms with Gasteiger partial charge in [-0.2, -0.15) is 0 Å². The van der Waals surface area contributed by atoms with E-state index in [1.807, 2.05) is 29.2 Å². The standard InChI is InChI=1S/C20H23N5O3S/c1-12-10-17(24-28-12)23-20(27)13(2)29-11-18(26)25-9-5-8-16(25)19-21-14-6-3-4-7-15(14)22-19/h3-4,6-7,10,13,16H,5,8-9,11H2,1-2H3,(H,21,22)(H,23,24,27)/t13-,16-/m0/s1. The van der Waals surface area contributed by atoms with E-state index in [1.165, 1.54) is 11.8 Å². The first-order valence-electron chi connectivity index (χ1n) is 9.61. The van der Waals surface area contributed by atoms with Crippen molar-refractivity contribution < 1.29 is 14.1 Å². The lowest BCUT2D eigenvalue weighted by Crippen LogP contribution is -2.33. The summed E-state index contributed by atoms with van der Waals surface area (Å²) in [4.78, 5) is 35.0. The van der Waals surface area contributed by atoms with E-state index in [-0.39, 0.29) is 28.9 Å². The van der Waals surface area contributed by atoms with Gasteiger partial charge >= 0.3 is 0 Å². The van der Waals surface area contributed by atoms with Crippen LogP contribution in [-0.2, 0) is 9.59 Å². The minimum absolute atomic E-state index is 0.0230. The first-order valence-corrected chi connectivity index (χ1v) is 10.7. The van der Waals surface area contributed by atoms with E-state index in [0.717, 1.165) is 29.7 Å². The maximum Gasteiger partial charge on any atom is 0.238 e. The van der Waals surface area contributed by atoms with Crippen molar-refractivity contribution in [3.63, 3.8) is 0 Å². The van der Waals surface area contributed by atoms with Crippen LogP contribution in [0.15, 0.2) is 34.9 Å². The van der Waals surface area contributed by atoms with Gasteiger partial charge in [-0.15, -0.1) is 11.8 Å². The molecule has 1 saturated heterocycles. The summed E-state index contributed by atoms with van der Waals surface area (Å²) in [6.45, 7) is 4.24. The fraction of sp³-hybridized carbons (Fsp3) is 0.400. The zero-order valence-corrected chi connectivity index (χ0v) is 17.2. The summed E-state index contributed by atoms with van der Waals surface area (Å²) in [6, 6.07) is 9.47. The maximum atomic E-state index is 12.8. The van der Waals surface area contributed by atoms with Crippen molar-refractivity contribution in [2.45, 2.75) is 38.0 Å². The number of carbonyl (C=O) groups excluding carboxylic acids is 2. The summed E-state index contributed by atoms with van der Waals surface area (Å²) in [6.07, 6.45) is 1.83. The average Bonchev–Trinajstić information content (AvgIpc) is 3.44. The number of likely N-dealkylation sites (tertiary alicyclic amines) is 1. The number of benzene rings is 1. The number of nitrogens with zero attached hydrogens (tertiary/aromatic N) is 3. The normalized spacial score (nSPS) is 17.6. The number of aromatic amines is 1. The molecule has 2 aromatic heterocycles. The number of imidazole rings is 1. The van der Waals surface area contributed by atoms with Crippen molar-refractivity contribution in [3.05, 3.63) is 41.9 Å². The molecule has 4 rings (SSSR count). The van der Waals surface area contributed by atoms with Gasteiger partial charge in [-0.25, -0.2) is 4.98 Å². The van der Waals surface area contributed by atoms with Crippen molar-refractivity contribution in [1.82, 2.24) is 20.0 Å². The fourth-order valence-electron chi connectivity index (χ4n) is 3.49. The highest BCUT2D eigenvalue weighted by molar-refractivity contribution is 8.01. The summed E-state index contributed by atoms with van der Waals surface area (Å²) >= 11 is 1.32. The number of thioether (sulfide) groups is 1. The molecule has 1 aromatic carbocycles. The van der Waals surface area contributed by atoms with Crippen LogP contribution < -0.4 is 5.32 Å². The van der Waals surface area contributed by atoms with Gasteiger partial charge in [-0.1, -0.05) is 17.3 Å². The van der Waals surface area contributed by atoms with E-state index in [4.69, 9.17) is 4.52 Å². The van der Waals surface area contributed by atoms with E-state index < -0.39 is 0 Å². The number of hydrogen-bond acceptors (Lipinski definition) is 6. The molecule has 2 N–H and O–H groups in total. The molecule has 8 nitrogen and oxygen atoms in total. The molecule has 1 fully saturated rings. The van der Waals surface area contributed by atoms with Gasteiger partial charge in [0, 0.05) is 12.6 Å². The summed E-state index contributed by atoms with van der Waals surface area (Å²) in [7, 11) is 0. The molecular formula is C20H23N5O3S. The molecule has 2 amide bonds. The number of nitrogens with one attached hydrogen (secondary N) is 2. The number of aromatic nitrogens is 3. The zero-order valence-electron chi connectivity index (χ0n) is 16.3. The highest BCUT2D eigenvalue weighted by Gasteiger charge is 2.32. The van der Waals surface area contributed by atoms with E-state index in [2.05, 4.69) is 20.4 Å². The van der Waals surface area contributed by atoms with Crippen LogP contribution in [0.1, 0.15) is 37.4 Å². The predicted molar refractivity (Wildman–Crippen MR) is 112 cm³/mol. The summed E-state index contributed by atoms with van der Waals surface area (Å²) in [5.74, 6) is 1.90. The first kappa shape index (κ1) is 19.5. The highest BCUT2D eigenvalue weighted by Crippen LogP contribution is 2.32. The topological polar surface area (TPSA) is 104 Å². The molecule has 0 unspecified atom stereocenters. The van der Waals surface area contributed by atoms with Gasteiger partial charge < -0.3 is 19.7 Å². The third-order valence-electron chi connectivity index (χ3n) is 5.00. The number of amides is 2. The number of para-hydroxylation sites is 2. The van der Waals surface area contributed by atoms with E-state index >= 15 is 0 Å². The molecule has 3 aromatic rings. The van der Waals surface area contributed by atoms with Gasteiger partial charge in [-0.05, 0) is 38.8 Å². The lowest BCUT2D eigenvalue weighted by molar-refractivity contribution is -0.129. The average molecular weight is 414 g/mol. The monoisotopic (exact) mass is 413 g/mol. The molecule has 0 bridgehead atoms. The lowest BCUT2D eigenvalue weighted by Gasteiger charge is -2.23. The zero-order chi connectivity index (χ0) is 20.4. The molecular weight excluding hydrogens is 390 g/mol. The molecule has 1 aliphatic rings. The number of hydrogen-bond donors (Lipinski definition) is 2. The number of aryl methyl sites for hydroxylation is 1. The SMILES string of the molecule is Cc1cc(NC(=O)[C@H](C)SCC(=O)N2CCC[C@H]2c2nc3ccccc3[nH]2)no1. The molecule has 0 aliphatic carbocycles. The fourth-order valence-corrected chi connectivity index (χ4v) is 4.26. The molecule has 0 saturated carbocycles. The number of carbonyl (C=O) groups is 2. The molecule has 0 spiro atoms. The van der Waals surface area contributed by atoms with Gasteiger partial charge in [0.25, 0.3) is 0 Å². The lowest BCUT2D eigenvalue weighted by atomic mass is 10.2. The summed E-state index contributed by atoms with van der Waals surface area (Å²) < 4.78 is 4.95. The number of anilines is 1. The van der Waals surface area contributed by atoms with E-state index in [1.54, 1.807) is 19.9 Å². The molecule has 152 valence electrons. The predicted octanol–water partition coefficient (Wildman–Crippen LogP) is 3.28. The van der Waals surface area contributed by atoms with Gasteiger partial charge in [-0.3, -0.25) is 9.59 Å². The third-order valence-corrected chi connectivity index (χ3v) is 6.13.